The lowest BCUT2D eigenvalue weighted by molar-refractivity contribution is 0.342. The topological polar surface area (TPSA) is 82.5 Å². The van der Waals surface area contributed by atoms with E-state index in [4.69, 9.17) is 11.1 Å². The normalized spacial score (nSPS) is 9.73. The number of hydrogen-bond acceptors (Lipinski definition) is 4. The molecule has 0 aliphatic heterocycles. The molecule has 1 aromatic rings. The molecule has 1 rings (SSSR count). The standard InChI is InChI=1S/C9H11FN4O/c1-14(13-15)5-6-2-3-8(11)7(4-6)9(10)12/h2-4,12H,5,11H2,1H3. The maximum atomic E-state index is 12.7. The van der Waals surface area contributed by atoms with Gasteiger partial charge in [0, 0.05) is 12.7 Å². The summed E-state index contributed by atoms with van der Waals surface area (Å²) in [6.07, 6.45) is 0. The molecule has 5 nitrogen and oxygen atoms in total. The van der Waals surface area contributed by atoms with Crippen LogP contribution in [-0.4, -0.2) is 18.0 Å². The van der Waals surface area contributed by atoms with E-state index in [1.807, 2.05) is 0 Å². The van der Waals surface area contributed by atoms with Crippen LogP contribution in [0.1, 0.15) is 11.1 Å². The molecule has 0 saturated carbocycles. The Kier molecular flexibility index (Phi) is 3.33. The zero-order valence-corrected chi connectivity index (χ0v) is 8.20. The number of halogens is 1. The highest BCUT2D eigenvalue weighted by Gasteiger charge is 2.07. The fourth-order valence-electron chi connectivity index (χ4n) is 1.18. The minimum Gasteiger partial charge on any atom is -0.398 e. The van der Waals surface area contributed by atoms with Crippen LogP contribution in [0.15, 0.2) is 23.5 Å². The third kappa shape index (κ3) is 2.73. The van der Waals surface area contributed by atoms with Crippen molar-refractivity contribution in [3.8, 4) is 0 Å². The first-order valence-corrected chi connectivity index (χ1v) is 4.22. The molecule has 3 N–H and O–H groups in total. The molecule has 0 amide bonds. The van der Waals surface area contributed by atoms with Gasteiger partial charge in [-0.3, -0.25) is 10.4 Å². The molecule has 6 heteroatoms. The SMILES string of the molecule is CN(Cc1ccc(N)c(C(=N)F)c1)N=O. The van der Waals surface area contributed by atoms with Crippen molar-refractivity contribution in [1.29, 1.82) is 5.41 Å². The molecule has 0 heterocycles. The predicted molar refractivity (Wildman–Crippen MR) is 56.1 cm³/mol. The molecule has 0 aliphatic carbocycles. The Balaban J connectivity index is 2.97. The van der Waals surface area contributed by atoms with E-state index >= 15 is 0 Å². The van der Waals surface area contributed by atoms with Crippen molar-refractivity contribution in [2.24, 2.45) is 5.29 Å². The summed E-state index contributed by atoms with van der Waals surface area (Å²) in [5, 5.41) is 10.7. The summed E-state index contributed by atoms with van der Waals surface area (Å²) >= 11 is 0. The molecule has 0 atom stereocenters. The van der Waals surface area contributed by atoms with E-state index in [0.717, 1.165) is 5.01 Å². The van der Waals surface area contributed by atoms with Gasteiger partial charge in [-0.1, -0.05) is 6.07 Å². The van der Waals surface area contributed by atoms with Crippen molar-refractivity contribution < 1.29 is 4.39 Å². The van der Waals surface area contributed by atoms with Crippen LogP contribution >= 0.6 is 0 Å². The van der Waals surface area contributed by atoms with Gasteiger partial charge in [-0.2, -0.15) is 4.39 Å². The number of nitroso groups, excluding NO2 is 1. The molecular weight excluding hydrogens is 199 g/mol. The highest BCUT2D eigenvalue weighted by molar-refractivity contribution is 5.96. The molecule has 80 valence electrons. The number of hydrogen-bond donors (Lipinski definition) is 2. The summed E-state index contributed by atoms with van der Waals surface area (Å²) in [6.45, 7) is 0.254. The van der Waals surface area contributed by atoms with E-state index in [9.17, 15) is 9.30 Å². The maximum absolute atomic E-state index is 12.7. The van der Waals surface area contributed by atoms with Gasteiger partial charge in [-0.15, -0.1) is 4.91 Å². The van der Waals surface area contributed by atoms with Crippen molar-refractivity contribution in [2.75, 3.05) is 12.8 Å². The molecule has 0 unspecified atom stereocenters. The molecule has 0 spiro atoms. The van der Waals surface area contributed by atoms with Crippen molar-refractivity contribution in [3.05, 3.63) is 34.2 Å². The first-order valence-electron chi connectivity index (χ1n) is 4.22. The zero-order chi connectivity index (χ0) is 11.4. The average molecular weight is 210 g/mol. The van der Waals surface area contributed by atoms with Gasteiger partial charge in [0.2, 0.25) is 5.97 Å². The quantitative estimate of drug-likeness (QED) is 0.343. The molecule has 0 aliphatic rings. The third-order valence-electron chi connectivity index (χ3n) is 1.90. The number of nitrogens with two attached hydrogens (primary N) is 1. The van der Waals surface area contributed by atoms with Crippen LogP contribution in [0.2, 0.25) is 0 Å². The van der Waals surface area contributed by atoms with E-state index in [-0.39, 0.29) is 17.8 Å². The molecule has 0 fully saturated rings. The largest absolute Gasteiger partial charge is 0.398 e. The molecule has 0 radical (unpaired) electrons. The third-order valence-corrected chi connectivity index (χ3v) is 1.90. The Morgan fingerprint density at radius 3 is 2.87 bits per heavy atom. The van der Waals surface area contributed by atoms with Crippen LogP contribution in [0.5, 0.6) is 0 Å². The van der Waals surface area contributed by atoms with E-state index in [0.29, 0.717) is 5.56 Å². The van der Waals surface area contributed by atoms with E-state index in [1.165, 1.54) is 19.2 Å². The van der Waals surface area contributed by atoms with Gasteiger partial charge >= 0.3 is 0 Å². The van der Waals surface area contributed by atoms with Gasteiger partial charge in [-0.25, -0.2) is 0 Å². The lowest BCUT2D eigenvalue weighted by Crippen LogP contribution is -2.10. The lowest BCUT2D eigenvalue weighted by atomic mass is 10.1. The van der Waals surface area contributed by atoms with Gasteiger partial charge in [0.15, 0.2) is 0 Å². The van der Waals surface area contributed by atoms with E-state index in [2.05, 4.69) is 5.29 Å². The molecule has 0 saturated heterocycles. The second kappa shape index (κ2) is 4.50. The smallest absolute Gasteiger partial charge is 0.214 e. The number of anilines is 1. The minimum absolute atomic E-state index is 0.0341. The Hall–Kier alpha value is -1.98. The van der Waals surface area contributed by atoms with Crippen molar-refractivity contribution in [2.45, 2.75) is 6.54 Å². The van der Waals surface area contributed by atoms with Gasteiger partial charge < -0.3 is 5.73 Å². The molecule has 1 aromatic carbocycles. The van der Waals surface area contributed by atoms with E-state index in [1.54, 1.807) is 6.07 Å². The van der Waals surface area contributed by atoms with Crippen LogP contribution in [0, 0.1) is 10.3 Å². The van der Waals surface area contributed by atoms with Crippen molar-refractivity contribution >= 4 is 11.7 Å². The Labute approximate surface area is 86.1 Å². The summed E-state index contributed by atoms with van der Waals surface area (Å²) in [7, 11) is 1.50. The molecule has 0 bridgehead atoms. The zero-order valence-electron chi connectivity index (χ0n) is 8.20. The van der Waals surface area contributed by atoms with Crippen LogP contribution < -0.4 is 5.73 Å². The van der Waals surface area contributed by atoms with Crippen LogP contribution in [0.4, 0.5) is 10.1 Å². The van der Waals surface area contributed by atoms with Crippen molar-refractivity contribution in [3.63, 3.8) is 0 Å². The molecular formula is C9H11FN4O. The van der Waals surface area contributed by atoms with Crippen LogP contribution in [0.25, 0.3) is 0 Å². The summed E-state index contributed by atoms with van der Waals surface area (Å²) in [6, 6.07) is 4.58. The summed E-state index contributed by atoms with van der Waals surface area (Å²) in [5.74, 6) is -1.09. The first-order chi connectivity index (χ1) is 7.04. The average Bonchev–Trinajstić information content (AvgIpc) is 2.20. The summed E-state index contributed by atoms with van der Waals surface area (Å²) < 4.78 is 12.7. The molecule has 15 heavy (non-hydrogen) atoms. The van der Waals surface area contributed by atoms with Gasteiger partial charge in [0.1, 0.15) is 0 Å². The first kappa shape index (κ1) is 11.1. The second-order valence-corrected chi connectivity index (χ2v) is 3.13. The monoisotopic (exact) mass is 210 g/mol. The predicted octanol–water partition coefficient (Wildman–Crippen LogP) is 1.68. The molecule has 0 aromatic heterocycles. The van der Waals surface area contributed by atoms with Gasteiger partial charge in [0.05, 0.1) is 17.4 Å². The Morgan fingerprint density at radius 2 is 2.33 bits per heavy atom. The Morgan fingerprint density at radius 1 is 1.67 bits per heavy atom. The fraction of sp³-hybridized carbons (Fsp3) is 0.222. The minimum atomic E-state index is -1.09. The lowest BCUT2D eigenvalue weighted by Gasteiger charge is -2.10. The maximum Gasteiger partial charge on any atom is 0.214 e. The number of nitrogen functional groups attached to an aromatic ring is 1. The van der Waals surface area contributed by atoms with E-state index < -0.39 is 5.97 Å². The highest BCUT2D eigenvalue weighted by Crippen LogP contribution is 2.16. The Bertz CT molecular complexity index is 394. The van der Waals surface area contributed by atoms with Gasteiger partial charge in [-0.05, 0) is 17.7 Å². The summed E-state index contributed by atoms with van der Waals surface area (Å²) in [4.78, 5) is 10.1. The van der Waals surface area contributed by atoms with Gasteiger partial charge in [0.25, 0.3) is 0 Å². The highest BCUT2D eigenvalue weighted by atomic mass is 19.1. The second-order valence-electron chi connectivity index (χ2n) is 3.13. The number of nitrogens with one attached hydrogen (secondary N) is 1. The fourth-order valence-corrected chi connectivity index (χ4v) is 1.18. The number of rotatable bonds is 4. The number of benzene rings is 1. The summed E-state index contributed by atoms with van der Waals surface area (Å²) in [5.41, 5.74) is 6.38. The van der Waals surface area contributed by atoms with Crippen LogP contribution in [0.3, 0.4) is 0 Å². The van der Waals surface area contributed by atoms with Crippen molar-refractivity contribution in [1.82, 2.24) is 5.01 Å². The number of nitrogens with zero attached hydrogens (tertiary/aromatic N) is 2. The van der Waals surface area contributed by atoms with Crippen LogP contribution in [-0.2, 0) is 6.54 Å².